The Kier molecular flexibility index (Phi) is 5.07. The highest BCUT2D eigenvalue weighted by Gasteiger charge is 2.34. The number of nitrogens with zero attached hydrogens (tertiary/aromatic N) is 3. The van der Waals surface area contributed by atoms with Crippen LogP contribution in [0.5, 0.6) is 0 Å². The van der Waals surface area contributed by atoms with E-state index in [0.717, 1.165) is 36.8 Å². The number of carbonyl (C=O) groups excluding carboxylic acids is 1. The molecule has 0 spiro atoms. The largest absolute Gasteiger partial charge is 0.387 e. The first-order chi connectivity index (χ1) is 10.7. The second kappa shape index (κ2) is 7.04. The third-order valence-corrected chi connectivity index (χ3v) is 5.29. The molecule has 0 saturated carbocycles. The highest BCUT2D eigenvalue weighted by molar-refractivity contribution is 7.09. The van der Waals surface area contributed by atoms with Crippen molar-refractivity contribution in [3.8, 4) is 0 Å². The fraction of sp³-hybridized carbons (Fsp3) is 0.733. The maximum absolute atomic E-state index is 11.6. The van der Waals surface area contributed by atoms with E-state index in [4.69, 9.17) is 9.84 Å². The van der Waals surface area contributed by atoms with Gasteiger partial charge in [-0.3, -0.25) is 9.69 Å². The van der Waals surface area contributed by atoms with Crippen LogP contribution in [0.25, 0.3) is 0 Å². The van der Waals surface area contributed by atoms with Crippen LogP contribution in [0.15, 0.2) is 5.38 Å². The molecule has 22 heavy (non-hydrogen) atoms. The van der Waals surface area contributed by atoms with Gasteiger partial charge in [0.05, 0.1) is 23.4 Å². The molecule has 6 nitrogen and oxygen atoms in total. The van der Waals surface area contributed by atoms with E-state index in [1.165, 1.54) is 0 Å². The number of carbonyl (C=O) groups is 1. The van der Waals surface area contributed by atoms with Gasteiger partial charge in [-0.1, -0.05) is 0 Å². The number of thiazole rings is 1. The smallest absolute Gasteiger partial charge is 0.248 e. The van der Waals surface area contributed by atoms with Crippen molar-refractivity contribution in [3.05, 3.63) is 16.1 Å². The molecule has 0 bridgehead atoms. The molecule has 3 heterocycles. The lowest BCUT2D eigenvalue weighted by atomic mass is 9.93. The van der Waals surface area contributed by atoms with Crippen LogP contribution in [0.1, 0.15) is 17.1 Å². The molecular weight excluding hydrogens is 302 g/mol. The molecule has 0 aromatic carbocycles. The first-order valence-electron chi connectivity index (χ1n) is 7.79. The van der Waals surface area contributed by atoms with Crippen LogP contribution in [0.4, 0.5) is 0 Å². The summed E-state index contributed by atoms with van der Waals surface area (Å²) in [5, 5.41) is 12.2. The van der Waals surface area contributed by atoms with Gasteiger partial charge in [0, 0.05) is 44.0 Å². The van der Waals surface area contributed by atoms with Gasteiger partial charge in [0.2, 0.25) is 5.91 Å². The van der Waals surface area contributed by atoms with Crippen molar-refractivity contribution in [2.24, 2.45) is 5.92 Å². The minimum absolute atomic E-state index is 0.0893. The molecule has 2 aliphatic heterocycles. The van der Waals surface area contributed by atoms with Crippen molar-refractivity contribution < 1.29 is 14.6 Å². The van der Waals surface area contributed by atoms with Crippen molar-refractivity contribution >= 4 is 17.2 Å². The first-order valence-corrected chi connectivity index (χ1v) is 8.67. The Morgan fingerprint density at radius 1 is 1.50 bits per heavy atom. The number of aryl methyl sites for hydroxylation is 1. The first kappa shape index (κ1) is 15.9. The summed E-state index contributed by atoms with van der Waals surface area (Å²) in [6.07, 6.45) is 1.02. The lowest BCUT2D eigenvalue weighted by Crippen LogP contribution is -2.49. The number of ether oxygens (including phenoxy) is 1. The molecule has 122 valence electrons. The minimum Gasteiger partial charge on any atom is -0.387 e. The Labute approximate surface area is 134 Å². The number of rotatable bonds is 3. The molecule has 2 atom stereocenters. The Bertz CT molecular complexity index is 522. The van der Waals surface area contributed by atoms with Gasteiger partial charge in [-0.2, -0.15) is 0 Å². The van der Waals surface area contributed by atoms with E-state index in [1.54, 1.807) is 16.2 Å². The average molecular weight is 325 g/mol. The molecular formula is C15H23N3O3S. The van der Waals surface area contributed by atoms with Crippen molar-refractivity contribution in [1.29, 1.82) is 0 Å². The third kappa shape index (κ3) is 3.65. The minimum atomic E-state index is -0.410. The summed E-state index contributed by atoms with van der Waals surface area (Å²) in [5.74, 6) is 0.256. The zero-order valence-electron chi connectivity index (χ0n) is 12.9. The number of aromatic nitrogens is 1. The van der Waals surface area contributed by atoms with Crippen molar-refractivity contribution in [1.82, 2.24) is 14.8 Å². The van der Waals surface area contributed by atoms with Crippen LogP contribution in [-0.4, -0.2) is 71.3 Å². The van der Waals surface area contributed by atoms with Crippen LogP contribution in [0, 0.1) is 12.8 Å². The van der Waals surface area contributed by atoms with Gasteiger partial charge in [-0.15, -0.1) is 11.3 Å². The Morgan fingerprint density at radius 2 is 2.36 bits per heavy atom. The van der Waals surface area contributed by atoms with Crippen molar-refractivity contribution in [2.45, 2.75) is 26.0 Å². The van der Waals surface area contributed by atoms with E-state index >= 15 is 0 Å². The predicted octanol–water partition coefficient (Wildman–Crippen LogP) is 0.493. The summed E-state index contributed by atoms with van der Waals surface area (Å²) in [5.41, 5.74) is 1.13. The maximum atomic E-state index is 11.6. The van der Waals surface area contributed by atoms with Gasteiger partial charge in [0.25, 0.3) is 0 Å². The fourth-order valence-electron chi connectivity index (χ4n) is 3.30. The van der Waals surface area contributed by atoms with Gasteiger partial charge in [0.15, 0.2) is 0 Å². The number of piperidine rings is 1. The predicted molar refractivity (Wildman–Crippen MR) is 83.6 cm³/mol. The zero-order valence-corrected chi connectivity index (χ0v) is 13.7. The molecule has 1 aromatic rings. The summed E-state index contributed by atoms with van der Waals surface area (Å²) >= 11 is 1.69. The molecule has 7 heteroatoms. The van der Waals surface area contributed by atoms with E-state index in [-0.39, 0.29) is 12.0 Å². The molecule has 3 rings (SSSR count). The molecule has 0 aliphatic carbocycles. The lowest BCUT2D eigenvalue weighted by molar-refractivity contribution is -0.139. The van der Waals surface area contributed by atoms with Gasteiger partial charge in [-0.25, -0.2) is 4.98 Å². The van der Waals surface area contributed by atoms with Gasteiger partial charge < -0.3 is 14.7 Å². The lowest BCUT2D eigenvalue weighted by Gasteiger charge is -2.37. The number of likely N-dealkylation sites (tertiary alicyclic amines) is 1. The summed E-state index contributed by atoms with van der Waals surface area (Å²) in [7, 11) is 0. The zero-order chi connectivity index (χ0) is 15.5. The van der Waals surface area contributed by atoms with Crippen LogP contribution >= 0.6 is 11.3 Å². The number of hydrogen-bond donors (Lipinski definition) is 1. The SMILES string of the molecule is Cc1nc(CN2CCO[C@@H]3CN(C(=O)CO)CC[C@@H]3C2)cs1. The molecule has 0 radical (unpaired) electrons. The monoisotopic (exact) mass is 325 g/mol. The second-order valence-electron chi connectivity index (χ2n) is 6.05. The number of aliphatic hydroxyl groups excluding tert-OH is 1. The summed E-state index contributed by atoms with van der Waals surface area (Å²) in [6.45, 7) is 6.39. The fourth-order valence-corrected chi connectivity index (χ4v) is 3.90. The average Bonchev–Trinajstić information content (AvgIpc) is 2.81. The van der Waals surface area contributed by atoms with E-state index in [9.17, 15) is 4.79 Å². The summed E-state index contributed by atoms with van der Waals surface area (Å²) in [6, 6.07) is 0. The Balaban J connectivity index is 1.59. The standard InChI is InChI=1S/C15H23N3O3S/c1-11-16-13(10-22-11)7-17-4-5-21-14-8-18(15(20)9-19)3-2-12(14)6-17/h10,12,14,19H,2-9H2,1H3/t12-,14-/m1/s1. The van der Waals surface area contributed by atoms with Gasteiger partial charge in [0.1, 0.15) is 6.61 Å². The number of amides is 1. The Morgan fingerprint density at radius 3 is 3.09 bits per heavy atom. The summed E-state index contributed by atoms with van der Waals surface area (Å²) < 4.78 is 5.97. The molecule has 2 saturated heterocycles. The molecule has 0 unspecified atom stereocenters. The van der Waals surface area contributed by atoms with Gasteiger partial charge in [-0.05, 0) is 13.3 Å². The van der Waals surface area contributed by atoms with E-state index in [2.05, 4.69) is 15.3 Å². The number of aliphatic hydroxyl groups is 1. The molecule has 1 amide bonds. The Hall–Kier alpha value is -1.02. The molecule has 1 aromatic heterocycles. The van der Waals surface area contributed by atoms with E-state index in [1.807, 2.05) is 6.92 Å². The normalized spacial score (nSPS) is 26.5. The second-order valence-corrected chi connectivity index (χ2v) is 7.11. The van der Waals surface area contributed by atoms with E-state index in [0.29, 0.717) is 25.6 Å². The number of hydrogen-bond acceptors (Lipinski definition) is 6. The van der Waals surface area contributed by atoms with Crippen LogP contribution in [0.3, 0.4) is 0 Å². The highest BCUT2D eigenvalue weighted by atomic mass is 32.1. The molecule has 2 fully saturated rings. The van der Waals surface area contributed by atoms with Crippen molar-refractivity contribution in [3.63, 3.8) is 0 Å². The highest BCUT2D eigenvalue weighted by Crippen LogP contribution is 2.25. The quantitative estimate of drug-likeness (QED) is 0.876. The van der Waals surface area contributed by atoms with Crippen molar-refractivity contribution in [2.75, 3.05) is 39.4 Å². The van der Waals surface area contributed by atoms with Crippen LogP contribution in [-0.2, 0) is 16.1 Å². The third-order valence-electron chi connectivity index (χ3n) is 4.47. The van der Waals surface area contributed by atoms with E-state index < -0.39 is 6.61 Å². The van der Waals surface area contributed by atoms with Crippen LogP contribution in [0.2, 0.25) is 0 Å². The summed E-state index contributed by atoms with van der Waals surface area (Å²) in [4.78, 5) is 20.3. The maximum Gasteiger partial charge on any atom is 0.248 e. The number of fused-ring (bicyclic) bond motifs is 1. The van der Waals surface area contributed by atoms with Crippen LogP contribution < -0.4 is 0 Å². The molecule has 1 N–H and O–H groups in total. The molecule has 2 aliphatic rings. The van der Waals surface area contributed by atoms with Gasteiger partial charge >= 0.3 is 0 Å². The topological polar surface area (TPSA) is 65.9 Å².